The summed E-state index contributed by atoms with van der Waals surface area (Å²) in [5.41, 5.74) is -0.0453. The first-order valence-corrected chi connectivity index (χ1v) is 6.75. The Hall–Kier alpha value is -1.01. The lowest BCUT2D eigenvalue weighted by atomic mass is 10.0. The molecule has 1 aliphatic heterocycles. The van der Waals surface area contributed by atoms with E-state index in [0.29, 0.717) is 15.7 Å². The molecule has 2 rings (SSSR count). The Morgan fingerprint density at radius 1 is 1.20 bits per heavy atom. The van der Waals surface area contributed by atoms with Crippen LogP contribution in [0.15, 0.2) is 18.2 Å². The Kier molecular flexibility index (Phi) is 4.16. The van der Waals surface area contributed by atoms with Crippen molar-refractivity contribution in [3.05, 3.63) is 28.2 Å². The molecule has 0 bridgehead atoms. The zero-order valence-corrected chi connectivity index (χ0v) is 13.2. The Bertz CT molecular complexity index is 536. The molecule has 1 aromatic carbocycles. The van der Waals surface area contributed by atoms with Gasteiger partial charge in [0.2, 0.25) is 0 Å². The molecule has 1 aliphatic rings. The van der Waals surface area contributed by atoms with Crippen LogP contribution in [0.3, 0.4) is 0 Å². The molecule has 0 aliphatic carbocycles. The summed E-state index contributed by atoms with van der Waals surface area (Å²) in [5.74, 6) is 0. The third-order valence-corrected chi connectivity index (χ3v) is 4.07. The molecule has 1 unspecified atom stereocenters. The highest BCUT2D eigenvalue weighted by atomic mass is 35.5. The van der Waals surface area contributed by atoms with E-state index in [2.05, 4.69) is 0 Å². The van der Waals surface area contributed by atoms with E-state index in [4.69, 9.17) is 32.8 Å². The van der Waals surface area contributed by atoms with Gasteiger partial charge in [-0.05, 0) is 32.0 Å². The van der Waals surface area contributed by atoms with Crippen LogP contribution in [0.1, 0.15) is 13.8 Å². The number of amides is 2. The molecule has 7 heteroatoms. The van der Waals surface area contributed by atoms with Gasteiger partial charge >= 0.3 is 6.03 Å². The van der Waals surface area contributed by atoms with Crippen molar-refractivity contribution in [2.24, 2.45) is 0 Å². The lowest BCUT2D eigenvalue weighted by Gasteiger charge is -2.31. The van der Waals surface area contributed by atoms with Crippen molar-refractivity contribution in [3.63, 3.8) is 0 Å². The van der Waals surface area contributed by atoms with Crippen molar-refractivity contribution in [2.45, 2.75) is 25.6 Å². The molecular formula is C13H16Cl2N2O3. The number of carbonyl (C=O) groups is 1. The highest BCUT2D eigenvalue weighted by Crippen LogP contribution is 2.38. The first-order valence-electron chi connectivity index (χ1n) is 6.00. The van der Waals surface area contributed by atoms with Gasteiger partial charge in [0.25, 0.3) is 0 Å². The van der Waals surface area contributed by atoms with Gasteiger partial charge in [-0.15, -0.1) is 0 Å². The van der Waals surface area contributed by atoms with E-state index < -0.39 is 11.8 Å². The molecule has 1 fully saturated rings. The molecule has 0 N–H and O–H groups in total. The minimum atomic E-state index is -0.646. The number of nitrogens with zero attached hydrogens (tertiary/aromatic N) is 2. The predicted octanol–water partition coefficient (Wildman–Crippen LogP) is 3.55. The maximum absolute atomic E-state index is 12.5. The lowest BCUT2D eigenvalue weighted by molar-refractivity contribution is -0.155. The van der Waals surface area contributed by atoms with Crippen molar-refractivity contribution >= 4 is 34.9 Å². The smallest absolute Gasteiger partial charge is 0.351 e. The highest BCUT2D eigenvalue weighted by molar-refractivity contribution is 6.42. The standard InChI is InChI=1S/C13H16Cl2N2O3/c1-13(2)11(19-3)16(12(18)17(13)20-4)8-5-6-9(14)10(15)7-8/h5-7,11H,1-4H3. The maximum atomic E-state index is 12.5. The van der Waals surface area contributed by atoms with Crippen LogP contribution in [0.2, 0.25) is 10.0 Å². The van der Waals surface area contributed by atoms with E-state index in [1.165, 1.54) is 17.1 Å². The van der Waals surface area contributed by atoms with E-state index in [0.717, 1.165) is 0 Å². The largest absolute Gasteiger partial charge is 0.358 e. The molecule has 0 radical (unpaired) electrons. The fourth-order valence-corrected chi connectivity index (χ4v) is 2.74. The monoisotopic (exact) mass is 318 g/mol. The van der Waals surface area contributed by atoms with E-state index in [9.17, 15) is 4.79 Å². The van der Waals surface area contributed by atoms with Crippen LogP contribution in [0, 0.1) is 0 Å². The van der Waals surface area contributed by atoms with E-state index in [1.54, 1.807) is 25.3 Å². The van der Waals surface area contributed by atoms with Crippen molar-refractivity contribution in [2.75, 3.05) is 19.1 Å². The van der Waals surface area contributed by atoms with Crippen molar-refractivity contribution in [1.29, 1.82) is 0 Å². The molecular weight excluding hydrogens is 303 g/mol. The van der Waals surface area contributed by atoms with E-state index in [1.807, 2.05) is 13.8 Å². The number of ether oxygens (including phenoxy) is 1. The molecule has 2 amide bonds. The first-order chi connectivity index (χ1) is 9.34. The molecule has 20 heavy (non-hydrogen) atoms. The van der Waals surface area contributed by atoms with Gasteiger partial charge in [-0.25, -0.2) is 4.79 Å². The first kappa shape index (κ1) is 15.4. The van der Waals surface area contributed by atoms with Gasteiger partial charge in [0.1, 0.15) is 5.54 Å². The minimum absolute atomic E-state index is 0.317. The van der Waals surface area contributed by atoms with Gasteiger partial charge in [-0.3, -0.25) is 9.74 Å². The zero-order valence-electron chi connectivity index (χ0n) is 11.7. The Morgan fingerprint density at radius 2 is 1.85 bits per heavy atom. The Balaban J connectivity index is 2.48. The number of hydrogen-bond acceptors (Lipinski definition) is 3. The van der Waals surface area contributed by atoms with Gasteiger partial charge in [-0.1, -0.05) is 23.2 Å². The normalized spacial score (nSPS) is 21.7. The van der Waals surface area contributed by atoms with Gasteiger partial charge in [0.05, 0.1) is 17.2 Å². The number of anilines is 1. The number of benzene rings is 1. The number of halogens is 2. The molecule has 1 saturated heterocycles. The Labute approximate surface area is 127 Å². The molecule has 1 aromatic rings. The van der Waals surface area contributed by atoms with E-state index >= 15 is 0 Å². The highest BCUT2D eigenvalue weighted by Gasteiger charge is 2.53. The molecule has 1 heterocycles. The summed E-state index contributed by atoms with van der Waals surface area (Å²) in [5, 5.41) is 2.09. The van der Waals surface area contributed by atoms with Crippen LogP contribution < -0.4 is 4.90 Å². The quantitative estimate of drug-likeness (QED) is 0.855. The topological polar surface area (TPSA) is 42.0 Å². The second-order valence-corrected chi connectivity index (χ2v) is 5.78. The molecule has 5 nitrogen and oxygen atoms in total. The molecule has 110 valence electrons. The van der Waals surface area contributed by atoms with Crippen molar-refractivity contribution in [1.82, 2.24) is 5.06 Å². The van der Waals surface area contributed by atoms with Gasteiger partial charge < -0.3 is 4.74 Å². The summed E-state index contributed by atoms with van der Waals surface area (Å²) >= 11 is 11.9. The van der Waals surface area contributed by atoms with Crippen LogP contribution in [-0.2, 0) is 9.57 Å². The molecule has 0 saturated carbocycles. The summed E-state index contributed by atoms with van der Waals surface area (Å²) in [6.45, 7) is 3.72. The summed E-state index contributed by atoms with van der Waals surface area (Å²) in [6.07, 6.45) is -0.507. The average Bonchev–Trinajstić information content (AvgIpc) is 2.58. The number of methoxy groups -OCH3 is 1. The summed E-state index contributed by atoms with van der Waals surface area (Å²) in [7, 11) is 2.99. The van der Waals surface area contributed by atoms with Gasteiger partial charge in [0.15, 0.2) is 6.23 Å². The number of carbonyl (C=O) groups excluding carboxylic acids is 1. The van der Waals surface area contributed by atoms with Crippen LogP contribution in [-0.4, -0.2) is 37.1 Å². The lowest BCUT2D eigenvalue weighted by Crippen LogP contribution is -2.47. The second kappa shape index (κ2) is 5.41. The fraction of sp³-hybridized carbons (Fsp3) is 0.462. The van der Waals surface area contributed by atoms with Crippen molar-refractivity contribution < 1.29 is 14.4 Å². The average molecular weight is 319 g/mol. The third kappa shape index (κ3) is 2.24. The Morgan fingerprint density at radius 3 is 2.35 bits per heavy atom. The molecule has 1 atom stereocenters. The number of hydroxylamine groups is 2. The maximum Gasteiger partial charge on any atom is 0.351 e. The fourth-order valence-electron chi connectivity index (χ4n) is 2.45. The van der Waals surface area contributed by atoms with Gasteiger partial charge in [-0.2, -0.15) is 5.06 Å². The third-order valence-electron chi connectivity index (χ3n) is 3.33. The number of hydrogen-bond donors (Lipinski definition) is 0. The SMILES string of the molecule is COC1N(c2ccc(Cl)c(Cl)c2)C(=O)N(OC)C1(C)C. The second-order valence-electron chi connectivity index (χ2n) is 4.97. The predicted molar refractivity (Wildman–Crippen MR) is 78.1 cm³/mol. The van der Waals surface area contributed by atoms with Crippen LogP contribution >= 0.6 is 23.2 Å². The zero-order chi connectivity index (χ0) is 15.1. The number of urea groups is 1. The van der Waals surface area contributed by atoms with Crippen LogP contribution in [0.5, 0.6) is 0 Å². The van der Waals surface area contributed by atoms with Crippen LogP contribution in [0.4, 0.5) is 10.5 Å². The van der Waals surface area contributed by atoms with Crippen molar-refractivity contribution in [3.8, 4) is 0 Å². The summed E-state index contributed by atoms with van der Waals surface area (Å²) < 4.78 is 5.47. The van der Waals surface area contributed by atoms with Crippen LogP contribution in [0.25, 0.3) is 0 Å². The minimum Gasteiger partial charge on any atom is -0.358 e. The van der Waals surface area contributed by atoms with E-state index in [-0.39, 0.29) is 6.03 Å². The molecule has 0 aromatic heterocycles. The summed E-state index contributed by atoms with van der Waals surface area (Å²) in [6, 6.07) is 4.67. The van der Waals surface area contributed by atoms with Gasteiger partial charge in [0, 0.05) is 12.8 Å². The molecule has 0 spiro atoms. The summed E-state index contributed by atoms with van der Waals surface area (Å²) in [4.78, 5) is 19.2. The number of rotatable bonds is 3.